The smallest absolute Gasteiger partial charge is 0.243 e. The molecule has 15 rings (SSSR count). The molecule has 424 valence electrons. The van der Waals surface area contributed by atoms with Crippen molar-refractivity contribution in [2.45, 2.75) is 48.9 Å². The molecular weight excluding hydrogens is 1120 g/mol. The highest BCUT2D eigenvalue weighted by atomic mass is 32.2. The summed E-state index contributed by atoms with van der Waals surface area (Å²) in [5.74, 6) is 5.31. The summed E-state index contributed by atoms with van der Waals surface area (Å²) in [7, 11) is -4.74. The summed E-state index contributed by atoms with van der Waals surface area (Å²) < 4.78 is 113. The Morgan fingerprint density at radius 2 is 0.988 bits per heavy atom. The van der Waals surface area contributed by atoms with Gasteiger partial charge in [-0.3, -0.25) is 0 Å². The zero-order valence-electron chi connectivity index (χ0n) is 45.4. The van der Waals surface area contributed by atoms with Crippen LogP contribution in [0.4, 0.5) is 0 Å². The molecular formula is C60H52N10O12S2+2. The minimum Gasteiger partial charge on any atom is -0.493 e. The van der Waals surface area contributed by atoms with Crippen molar-refractivity contribution in [2.24, 2.45) is 0 Å². The van der Waals surface area contributed by atoms with Crippen LogP contribution in [0.2, 0.25) is 0 Å². The van der Waals surface area contributed by atoms with E-state index in [1.165, 1.54) is 44.0 Å². The Kier molecular flexibility index (Phi) is 12.4. The Morgan fingerprint density at radius 1 is 0.512 bits per heavy atom. The van der Waals surface area contributed by atoms with E-state index >= 15 is 0 Å². The predicted octanol–water partition coefficient (Wildman–Crippen LogP) is 6.50. The number of nitrogens with zero attached hydrogens (tertiary/aromatic N) is 10. The maximum atomic E-state index is 13.9. The van der Waals surface area contributed by atoms with E-state index in [4.69, 9.17) is 37.9 Å². The molecule has 24 heteroatoms. The molecule has 0 amide bonds. The molecule has 0 N–H and O–H groups in total. The molecule has 4 aromatic heterocycles. The van der Waals surface area contributed by atoms with Gasteiger partial charge < -0.3 is 37.9 Å². The molecule has 5 aliphatic heterocycles. The third-order valence-corrected chi connectivity index (χ3v) is 19.9. The highest BCUT2D eigenvalue weighted by molar-refractivity contribution is 7.89. The molecule has 9 heterocycles. The van der Waals surface area contributed by atoms with Crippen LogP contribution < -0.4 is 47.0 Å². The van der Waals surface area contributed by atoms with E-state index in [2.05, 4.69) is 60.2 Å². The van der Waals surface area contributed by atoms with E-state index in [9.17, 15) is 16.8 Å². The lowest BCUT2D eigenvalue weighted by atomic mass is 9.93. The second kappa shape index (κ2) is 20.2. The summed E-state index contributed by atoms with van der Waals surface area (Å²) in [6.07, 6.45) is 9.19. The second-order valence-corrected chi connectivity index (χ2v) is 24.7. The van der Waals surface area contributed by atoms with Gasteiger partial charge in [0.2, 0.25) is 57.0 Å². The maximum absolute atomic E-state index is 13.9. The number of rotatable bonds is 14. The molecule has 6 aromatic carbocycles. The summed E-state index contributed by atoms with van der Waals surface area (Å²) >= 11 is 0. The fourth-order valence-electron chi connectivity index (χ4n) is 11.7. The van der Waals surface area contributed by atoms with E-state index in [1.54, 1.807) is 60.2 Å². The van der Waals surface area contributed by atoms with E-state index < -0.39 is 20.0 Å². The van der Waals surface area contributed by atoms with Gasteiger partial charge in [-0.25, -0.2) is 26.2 Å². The Bertz CT molecular complexity index is 4260. The molecule has 0 bridgehead atoms. The van der Waals surface area contributed by atoms with E-state index in [0.717, 1.165) is 93.0 Å². The molecule has 0 radical (unpaired) electrons. The number of pyridine rings is 2. The van der Waals surface area contributed by atoms with Gasteiger partial charge in [0.25, 0.3) is 0 Å². The van der Waals surface area contributed by atoms with Crippen molar-refractivity contribution in [1.82, 2.24) is 38.6 Å². The van der Waals surface area contributed by atoms with Crippen LogP contribution in [0.15, 0.2) is 144 Å². The Hall–Kier alpha value is -9.36. The Labute approximate surface area is 481 Å². The standard InChI is InChI=1S/C60H52N10O12S2/c1-75-53-13-3-37-23-47-39(15-18-66-32-58-57(28-52(47)66)81-36-82-58)24-49(37)59(53)77-33-41-29-69(63-61-41)43-5-9-45(10-6-43)83(71,72)67-19-21-68(22-20-67)84(73,74)46-11-7-44(8-12-46)70-30-42(62-64-70)34-78-60-50-31-65-17-16-40-26-55-56(80-35-79-55)27-48(40)51(65)25-38(50)4-14-54(60)76-2/h3-14,23-32H,15-22,33-36H2,1-2H3/q+2. The molecule has 0 unspecified atom stereocenters. The Morgan fingerprint density at radius 3 is 1.56 bits per heavy atom. The van der Waals surface area contributed by atoms with Crippen LogP contribution in [-0.4, -0.2) is 109 Å². The maximum Gasteiger partial charge on any atom is 0.243 e. The van der Waals surface area contributed by atoms with Crippen LogP contribution in [0, 0.1) is 0 Å². The zero-order valence-corrected chi connectivity index (χ0v) is 47.0. The molecule has 10 aromatic rings. The summed E-state index contributed by atoms with van der Waals surface area (Å²) in [5.41, 5.74) is 8.97. The zero-order chi connectivity index (χ0) is 56.8. The van der Waals surface area contributed by atoms with Gasteiger partial charge in [0, 0.05) is 50.5 Å². The number of hydrogen-bond acceptors (Lipinski definition) is 16. The molecule has 0 spiro atoms. The van der Waals surface area contributed by atoms with Gasteiger partial charge in [0.05, 0.1) is 70.4 Å². The van der Waals surface area contributed by atoms with Gasteiger partial charge >= 0.3 is 0 Å². The molecule has 22 nitrogen and oxygen atoms in total. The van der Waals surface area contributed by atoms with Crippen molar-refractivity contribution in [1.29, 1.82) is 0 Å². The van der Waals surface area contributed by atoms with Gasteiger partial charge in [0.1, 0.15) is 24.6 Å². The lowest BCUT2D eigenvalue weighted by molar-refractivity contribution is -0.687. The average molecular weight is 1170 g/mol. The number of benzene rings is 6. The summed E-state index contributed by atoms with van der Waals surface area (Å²) in [5, 5.41) is 21.0. The van der Waals surface area contributed by atoms with Crippen LogP contribution in [-0.2, 0) is 59.2 Å². The molecule has 0 aliphatic carbocycles. The third kappa shape index (κ3) is 8.90. The van der Waals surface area contributed by atoms with Crippen molar-refractivity contribution in [3.63, 3.8) is 0 Å². The van der Waals surface area contributed by atoms with Gasteiger partial charge in [-0.15, -0.1) is 10.2 Å². The molecule has 1 fully saturated rings. The fourth-order valence-corrected chi connectivity index (χ4v) is 14.5. The van der Waals surface area contributed by atoms with Crippen LogP contribution in [0.5, 0.6) is 46.0 Å². The summed E-state index contributed by atoms with van der Waals surface area (Å²) in [6.45, 7) is 2.04. The van der Waals surface area contributed by atoms with Gasteiger partial charge in [0.15, 0.2) is 59.5 Å². The molecule has 0 saturated carbocycles. The molecule has 0 atom stereocenters. The van der Waals surface area contributed by atoms with Gasteiger partial charge in [-0.2, -0.15) is 17.7 Å². The fraction of sp³-hybridized carbons (Fsp3) is 0.233. The predicted molar refractivity (Wildman–Crippen MR) is 301 cm³/mol. The van der Waals surface area contributed by atoms with Crippen LogP contribution in [0.1, 0.15) is 22.5 Å². The van der Waals surface area contributed by atoms with Crippen molar-refractivity contribution < 1.29 is 63.9 Å². The second-order valence-electron chi connectivity index (χ2n) is 20.8. The van der Waals surface area contributed by atoms with Crippen LogP contribution in [0.25, 0.3) is 55.4 Å². The number of aromatic nitrogens is 8. The first-order chi connectivity index (χ1) is 40.9. The number of ether oxygens (including phenoxy) is 8. The van der Waals surface area contributed by atoms with Crippen molar-refractivity contribution >= 4 is 41.6 Å². The number of methoxy groups -OCH3 is 2. The summed E-state index contributed by atoms with van der Waals surface area (Å²) in [6, 6.07) is 33.0. The molecule has 1 saturated heterocycles. The minimum atomic E-state index is -3.97. The van der Waals surface area contributed by atoms with Crippen LogP contribution in [0.3, 0.4) is 0 Å². The van der Waals surface area contributed by atoms with Crippen molar-refractivity contribution in [3.05, 3.63) is 156 Å². The monoisotopic (exact) mass is 1170 g/mol. The molecule has 84 heavy (non-hydrogen) atoms. The van der Waals surface area contributed by atoms with E-state index in [0.29, 0.717) is 45.8 Å². The van der Waals surface area contributed by atoms with E-state index in [1.807, 2.05) is 42.6 Å². The first kappa shape index (κ1) is 51.5. The highest BCUT2D eigenvalue weighted by Crippen LogP contribution is 2.44. The summed E-state index contributed by atoms with van der Waals surface area (Å²) in [4.78, 5) is 0.131. The minimum absolute atomic E-state index is 0.0326. The van der Waals surface area contributed by atoms with Gasteiger partial charge in [-0.05, 0) is 113 Å². The number of piperazine rings is 1. The lowest BCUT2D eigenvalue weighted by Crippen LogP contribution is -2.50. The van der Waals surface area contributed by atoms with Crippen LogP contribution >= 0.6 is 0 Å². The van der Waals surface area contributed by atoms with Crippen molar-refractivity contribution in [2.75, 3.05) is 54.0 Å². The quantitative estimate of drug-likeness (QED) is 0.106. The lowest BCUT2D eigenvalue weighted by Gasteiger charge is -2.33. The Balaban J connectivity index is 0.568. The number of hydrogen-bond donors (Lipinski definition) is 0. The normalized spacial score (nSPS) is 15.4. The molecule has 5 aliphatic rings. The SMILES string of the molecule is COc1ccc2cc3c(cc2c1OCc1cn(-c2ccc(S(=O)(=O)N4CCN(S(=O)(=O)c5ccc(-n6cc(COc7c(OC)ccc8cc9[n+](cc78)CCc7cc8c(cc7-9)OCO8)nn6)cc5)CC4)cc2)nn1)CC[n+]1cc2c(cc1-3)OCO2. The largest absolute Gasteiger partial charge is 0.493 e. The topological polar surface area (TPSA) is 218 Å². The van der Waals surface area contributed by atoms with E-state index in [-0.39, 0.29) is 62.8 Å². The third-order valence-electron chi connectivity index (χ3n) is 16.1. The number of aryl methyl sites for hydroxylation is 4. The van der Waals surface area contributed by atoms with Gasteiger partial charge in [-0.1, -0.05) is 16.5 Å². The average Bonchev–Trinajstić information content (AvgIpc) is 3.44. The number of fused-ring (bicyclic) bond motifs is 10. The first-order valence-corrected chi connectivity index (χ1v) is 30.1. The number of sulfonamides is 2. The highest BCUT2D eigenvalue weighted by Gasteiger charge is 2.35. The first-order valence-electron chi connectivity index (χ1n) is 27.2. The van der Waals surface area contributed by atoms with Crippen molar-refractivity contribution in [3.8, 4) is 79.9 Å².